The van der Waals surface area contributed by atoms with Gasteiger partial charge >= 0.3 is 11.9 Å². The van der Waals surface area contributed by atoms with Crippen LogP contribution in [0, 0.1) is 5.41 Å². The molecule has 1 aromatic heterocycles. The number of hydrogen-bond acceptors (Lipinski definition) is 7. The maximum absolute atomic E-state index is 14.3. The Hall–Kier alpha value is -5.85. The number of carbonyl (C=O) groups is 6. The predicted molar refractivity (Wildman–Crippen MR) is 187 cm³/mol. The number of pyridine rings is 1. The smallest absolute Gasteiger partial charge is 0.352 e. The van der Waals surface area contributed by atoms with E-state index in [9.17, 15) is 39.0 Å². The minimum absolute atomic E-state index is 0.153. The SMILES string of the molecule is CC(=O)NCCC1(C(=O)N/C(=C\c2ccc(N3C(=O)C(Cc4cccnc4)N(C(=O)CCC(=O)O)C3c3ccccc3)cc2)C(=O)O)CCCC1. The van der Waals surface area contributed by atoms with E-state index in [1.165, 1.54) is 22.8 Å². The van der Waals surface area contributed by atoms with Crippen molar-refractivity contribution >= 4 is 47.3 Å². The molecule has 13 heteroatoms. The number of aliphatic carboxylic acids is 2. The quantitative estimate of drug-likeness (QED) is 0.181. The van der Waals surface area contributed by atoms with Gasteiger partial charge in [-0.1, -0.05) is 61.4 Å². The summed E-state index contributed by atoms with van der Waals surface area (Å²) in [5.74, 6) is -3.93. The minimum atomic E-state index is -1.32. The van der Waals surface area contributed by atoms with Crippen LogP contribution in [-0.2, 0) is 35.2 Å². The number of rotatable bonds is 14. The normalized spacial score (nSPS) is 18.4. The Morgan fingerprint density at radius 3 is 2.25 bits per heavy atom. The fourth-order valence-corrected chi connectivity index (χ4v) is 6.90. The second-order valence-corrected chi connectivity index (χ2v) is 12.9. The first-order valence-electron chi connectivity index (χ1n) is 16.9. The number of nitrogens with zero attached hydrogens (tertiary/aromatic N) is 3. The molecular weight excluding hydrogens is 654 g/mol. The summed E-state index contributed by atoms with van der Waals surface area (Å²) in [4.78, 5) is 83.7. The number of carbonyl (C=O) groups excluding carboxylic acids is 4. The Balaban J connectivity index is 1.46. The molecular formula is C38H41N5O8. The second-order valence-electron chi connectivity index (χ2n) is 12.9. The maximum Gasteiger partial charge on any atom is 0.352 e. The third-order valence-corrected chi connectivity index (χ3v) is 9.44. The molecule has 51 heavy (non-hydrogen) atoms. The summed E-state index contributed by atoms with van der Waals surface area (Å²) in [6.45, 7) is 1.71. The Morgan fingerprint density at radius 2 is 1.65 bits per heavy atom. The molecule has 1 aliphatic heterocycles. The number of hydrogen-bond donors (Lipinski definition) is 4. The Morgan fingerprint density at radius 1 is 0.941 bits per heavy atom. The van der Waals surface area contributed by atoms with Gasteiger partial charge in [0.2, 0.25) is 17.7 Å². The number of nitrogens with one attached hydrogen (secondary N) is 2. The molecule has 2 fully saturated rings. The van der Waals surface area contributed by atoms with E-state index in [2.05, 4.69) is 15.6 Å². The van der Waals surface area contributed by atoms with Crippen molar-refractivity contribution in [2.24, 2.45) is 5.41 Å². The number of amides is 4. The lowest BCUT2D eigenvalue weighted by Gasteiger charge is -2.32. The molecule has 3 aromatic rings. The molecule has 0 spiro atoms. The highest BCUT2D eigenvalue weighted by molar-refractivity contribution is 6.04. The Kier molecular flexibility index (Phi) is 11.6. The molecule has 0 bridgehead atoms. The predicted octanol–water partition coefficient (Wildman–Crippen LogP) is 4.06. The summed E-state index contributed by atoms with van der Waals surface area (Å²) < 4.78 is 0. The van der Waals surface area contributed by atoms with Gasteiger partial charge in [0.05, 0.1) is 11.8 Å². The van der Waals surface area contributed by atoms with Crippen LogP contribution in [0.3, 0.4) is 0 Å². The number of anilines is 1. The summed E-state index contributed by atoms with van der Waals surface area (Å²) in [6, 6.07) is 18.1. The minimum Gasteiger partial charge on any atom is -0.481 e. The monoisotopic (exact) mass is 695 g/mol. The molecule has 1 saturated carbocycles. The van der Waals surface area contributed by atoms with E-state index < -0.39 is 47.8 Å². The molecule has 1 saturated heterocycles. The molecule has 2 atom stereocenters. The Labute approximate surface area is 295 Å². The maximum atomic E-state index is 14.3. The zero-order valence-corrected chi connectivity index (χ0v) is 28.3. The number of benzene rings is 2. The molecule has 13 nitrogen and oxygen atoms in total. The van der Waals surface area contributed by atoms with Crippen LogP contribution < -0.4 is 15.5 Å². The van der Waals surface area contributed by atoms with Crippen LogP contribution >= 0.6 is 0 Å². The molecule has 2 aromatic carbocycles. The van der Waals surface area contributed by atoms with Crippen LogP contribution in [0.25, 0.3) is 6.08 Å². The number of aromatic nitrogens is 1. The summed E-state index contributed by atoms with van der Waals surface area (Å²) in [6.07, 6.45) is 6.34. The summed E-state index contributed by atoms with van der Waals surface area (Å²) in [7, 11) is 0. The van der Waals surface area contributed by atoms with Crippen LogP contribution in [0.5, 0.6) is 0 Å². The van der Waals surface area contributed by atoms with Gasteiger partial charge in [0.15, 0.2) is 0 Å². The van der Waals surface area contributed by atoms with Gasteiger partial charge in [0.1, 0.15) is 17.9 Å². The molecule has 4 N–H and O–H groups in total. The molecule has 2 heterocycles. The van der Waals surface area contributed by atoms with E-state index in [0.29, 0.717) is 42.6 Å². The molecule has 4 amide bonds. The van der Waals surface area contributed by atoms with Gasteiger partial charge in [-0.05, 0) is 60.2 Å². The first-order valence-corrected chi connectivity index (χ1v) is 16.9. The molecule has 2 unspecified atom stereocenters. The molecule has 1 aliphatic carbocycles. The highest BCUT2D eigenvalue weighted by Gasteiger charge is 2.49. The van der Waals surface area contributed by atoms with Crippen LogP contribution in [0.4, 0.5) is 5.69 Å². The fourth-order valence-electron chi connectivity index (χ4n) is 6.90. The van der Waals surface area contributed by atoms with Gasteiger partial charge in [0.25, 0.3) is 5.91 Å². The summed E-state index contributed by atoms with van der Waals surface area (Å²) >= 11 is 0. The summed E-state index contributed by atoms with van der Waals surface area (Å²) in [5.41, 5.74) is 1.13. The van der Waals surface area contributed by atoms with E-state index in [1.54, 1.807) is 73.1 Å². The van der Waals surface area contributed by atoms with Gasteiger partial charge in [0, 0.05) is 44.4 Å². The second kappa shape index (κ2) is 16.2. The van der Waals surface area contributed by atoms with E-state index in [-0.39, 0.29) is 30.4 Å². The van der Waals surface area contributed by atoms with Crippen LogP contribution in [-0.4, -0.2) is 68.3 Å². The van der Waals surface area contributed by atoms with Crippen LogP contribution in [0.15, 0.2) is 84.8 Å². The van der Waals surface area contributed by atoms with Crippen LogP contribution in [0.1, 0.15) is 74.7 Å². The summed E-state index contributed by atoms with van der Waals surface area (Å²) in [5, 5.41) is 24.7. The fraction of sp³-hybridized carbons (Fsp3) is 0.342. The van der Waals surface area contributed by atoms with Crippen molar-refractivity contribution in [1.82, 2.24) is 20.5 Å². The molecule has 0 radical (unpaired) electrons. The van der Waals surface area contributed by atoms with Crippen molar-refractivity contribution in [1.29, 1.82) is 0 Å². The number of carboxylic acids is 2. The van der Waals surface area contributed by atoms with Crippen molar-refractivity contribution in [3.8, 4) is 0 Å². The molecule has 266 valence electrons. The topological polar surface area (TPSA) is 186 Å². The standard InChI is InChI=1S/C38H41N5O8/c1-25(44)40-21-19-38(17-5-6-18-38)37(51)41-30(36(49)50)22-26-11-13-29(14-12-26)42-34(28-9-3-2-4-10-28)43(32(45)15-16-33(46)47)31(35(42)48)23-27-8-7-20-39-24-27/h2-4,7-14,20,22,24,31,34H,5-6,15-19,21,23H2,1H3,(H,40,44)(H,41,51)(H,46,47)(H,49,50)/b30-22-. The van der Waals surface area contributed by atoms with Crippen molar-refractivity contribution in [2.75, 3.05) is 11.4 Å². The lowest BCUT2D eigenvalue weighted by Crippen LogP contribution is -2.42. The average molecular weight is 696 g/mol. The van der Waals surface area contributed by atoms with E-state index in [1.807, 2.05) is 6.07 Å². The van der Waals surface area contributed by atoms with Gasteiger partial charge in [-0.2, -0.15) is 0 Å². The van der Waals surface area contributed by atoms with Crippen molar-refractivity contribution in [2.45, 2.75) is 70.5 Å². The van der Waals surface area contributed by atoms with E-state index in [0.717, 1.165) is 18.4 Å². The van der Waals surface area contributed by atoms with Crippen molar-refractivity contribution in [3.05, 3.63) is 102 Å². The lowest BCUT2D eigenvalue weighted by atomic mass is 9.81. The van der Waals surface area contributed by atoms with E-state index >= 15 is 0 Å². The largest absolute Gasteiger partial charge is 0.481 e. The molecule has 5 rings (SSSR count). The zero-order valence-electron chi connectivity index (χ0n) is 28.3. The van der Waals surface area contributed by atoms with Gasteiger partial charge in [-0.25, -0.2) is 4.79 Å². The molecule has 2 aliphatic rings. The highest BCUT2D eigenvalue weighted by atomic mass is 16.4. The van der Waals surface area contributed by atoms with Gasteiger partial charge in [-0.15, -0.1) is 0 Å². The van der Waals surface area contributed by atoms with Gasteiger partial charge in [-0.3, -0.25) is 33.9 Å². The van der Waals surface area contributed by atoms with Crippen molar-refractivity contribution in [3.63, 3.8) is 0 Å². The first kappa shape index (κ1) is 36.4. The van der Waals surface area contributed by atoms with Crippen molar-refractivity contribution < 1.29 is 39.0 Å². The number of carboxylic acid groups (broad SMARTS) is 2. The average Bonchev–Trinajstić information content (AvgIpc) is 3.71. The lowest BCUT2D eigenvalue weighted by molar-refractivity contribution is -0.142. The highest BCUT2D eigenvalue weighted by Crippen LogP contribution is 2.42. The third kappa shape index (κ3) is 8.66. The van der Waals surface area contributed by atoms with Gasteiger partial charge < -0.3 is 25.7 Å². The zero-order chi connectivity index (χ0) is 36.5. The van der Waals surface area contributed by atoms with Crippen LogP contribution in [0.2, 0.25) is 0 Å². The van der Waals surface area contributed by atoms with E-state index in [4.69, 9.17) is 0 Å². The first-order chi connectivity index (χ1) is 24.5. The Bertz CT molecular complexity index is 1790. The third-order valence-electron chi connectivity index (χ3n) is 9.44.